The van der Waals surface area contributed by atoms with Gasteiger partial charge in [-0.2, -0.15) is 10.4 Å². The largest absolute Gasteiger partial charge is 0.457 e. The van der Waals surface area contributed by atoms with Crippen molar-refractivity contribution < 1.29 is 9.53 Å². The summed E-state index contributed by atoms with van der Waals surface area (Å²) in [4.78, 5) is 14.8. The zero-order chi connectivity index (χ0) is 26.2. The highest BCUT2D eigenvalue weighted by molar-refractivity contribution is 5.90. The summed E-state index contributed by atoms with van der Waals surface area (Å²) in [6, 6.07) is 18.9. The zero-order valence-electron chi connectivity index (χ0n) is 21.4. The van der Waals surface area contributed by atoms with Crippen LogP contribution in [0, 0.1) is 24.2 Å². The Morgan fingerprint density at radius 3 is 2.49 bits per heavy atom. The van der Waals surface area contributed by atoms with Crippen molar-refractivity contribution in [1.29, 1.82) is 5.26 Å². The molecule has 9 heteroatoms. The number of carbonyl (C=O) groups excluding carboxylic acids is 1. The van der Waals surface area contributed by atoms with Crippen LogP contribution in [0.25, 0.3) is 0 Å². The molecule has 37 heavy (non-hydrogen) atoms. The molecule has 3 aromatic rings. The Hall–Kier alpha value is -4.29. The van der Waals surface area contributed by atoms with Gasteiger partial charge in [-0.15, -0.1) is 0 Å². The number of ether oxygens (including phenoxy) is 1. The molecule has 1 aliphatic rings. The van der Waals surface area contributed by atoms with Crippen molar-refractivity contribution in [3.8, 4) is 17.6 Å². The van der Waals surface area contributed by atoms with Gasteiger partial charge in [0.2, 0.25) is 0 Å². The summed E-state index contributed by atoms with van der Waals surface area (Å²) in [7, 11) is 0. The average molecular weight is 500 g/mol. The normalized spacial score (nSPS) is 16.1. The summed E-state index contributed by atoms with van der Waals surface area (Å²) >= 11 is 0. The quantitative estimate of drug-likeness (QED) is 0.356. The lowest BCUT2D eigenvalue weighted by molar-refractivity contribution is 0.248. The number of amides is 2. The smallest absolute Gasteiger partial charge is 0.319 e. The first-order valence-electron chi connectivity index (χ1n) is 12.5. The van der Waals surface area contributed by atoms with Gasteiger partial charge in [0.25, 0.3) is 0 Å². The number of likely N-dealkylation sites (N-methyl/N-ethyl adjacent to an activating group) is 1. The number of rotatable bonds is 10. The number of urea groups is 1. The number of carbonyl (C=O) groups is 1. The Bertz CT molecular complexity index is 1260. The van der Waals surface area contributed by atoms with Gasteiger partial charge in [0.1, 0.15) is 17.4 Å². The summed E-state index contributed by atoms with van der Waals surface area (Å²) < 4.78 is 7.60. The summed E-state index contributed by atoms with van der Waals surface area (Å²) in [6.45, 7) is 9.37. The van der Waals surface area contributed by atoms with Crippen molar-refractivity contribution in [2.24, 2.45) is 11.0 Å². The third kappa shape index (κ3) is 6.29. The molecule has 1 aromatic heterocycles. The Labute approximate surface area is 217 Å². The van der Waals surface area contributed by atoms with E-state index >= 15 is 0 Å². The second kappa shape index (κ2) is 12.1. The molecule has 9 nitrogen and oxygen atoms in total. The molecule has 0 spiro atoms. The molecule has 0 saturated heterocycles. The minimum atomic E-state index is -0.475. The van der Waals surface area contributed by atoms with E-state index in [0.717, 1.165) is 48.1 Å². The molecular weight excluding hydrogens is 466 g/mol. The monoisotopic (exact) mass is 499 g/mol. The molecule has 0 bridgehead atoms. The first kappa shape index (κ1) is 25.8. The van der Waals surface area contributed by atoms with Crippen molar-refractivity contribution in [3.63, 3.8) is 0 Å². The highest BCUT2D eigenvalue weighted by Crippen LogP contribution is 2.36. The van der Waals surface area contributed by atoms with E-state index < -0.39 is 5.92 Å². The van der Waals surface area contributed by atoms with Gasteiger partial charge in [-0.25, -0.2) is 9.47 Å². The first-order chi connectivity index (χ1) is 18.0. The van der Waals surface area contributed by atoms with Crippen molar-refractivity contribution in [3.05, 3.63) is 72.1 Å². The van der Waals surface area contributed by atoms with E-state index in [9.17, 15) is 10.1 Å². The van der Waals surface area contributed by atoms with Gasteiger partial charge in [0.05, 0.1) is 29.7 Å². The van der Waals surface area contributed by atoms with Crippen molar-refractivity contribution >= 4 is 23.6 Å². The number of hydrogen-bond acceptors (Lipinski definition) is 6. The molecule has 2 unspecified atom stereocenters. The molecule has 2 heterocycles. The highest BCUT2D eigenvalue weighted by Gasteiger charge is 2.31. The van der Waals surface area contributed by atoms with E-state index in [4.69, 9.17) is 4.74 Å². The van der Waals surface area contributed by atoms with Gasteiger partial charge in [-0.1, -0.05) is 32.0 Å². The lowest BCUT2D eigenvalue weighted by atomic mass is 9.95. The molecule has 2 aromatic carbocycles. The fraction of sp³-hybridized carbons (Fsp3) is 0.321. The average Bonchev–Trinajstić information content (AvgIpc) is 3.23. The lowest BCUT2D eigenvalue weighted by Crippen LogP contribution is -2.36. The van der Waals surface area contributed by atoms with E-state index in [2.05, 4.69) is 45.9 Å². The van der Waals surface area contributed by atoms with Crippen LogP contribution in [0.15, 0.2) is 65.9 Å². The van der Waals surface area contributed by atoms with Crippen molar-refractivity contribution in [2.45, 2.75) is 26.8 Å². The Morgan fingerprint density at radius 2 is 1.81 bits per heavy atom. The fourth-order valence-corrected chi connectivity index (χ4v) is 4.32. The fourth-order valence-electron chi connectivity index (χ4n) is 4.32. The van der Waals surface area contributed by atoms with E-state index in [1.54, 1.807) is 17.1 Å². The number of hydrogen-bond donors (Lipinski definition) is 3. The van der Waals surface area contributed by atoms with Gasteiger partial charge < -0.3 is 25.6 Å². The second-order valence-corrected chi connectivity index (χ2v) is 8.79. The van der Waals surface area contributed by atoms with E-state index in [0.29, 0.717) is 12.2 Å². The molecule has 192 valence electrons. The van der Waals surface area contributed by atoms with E-state index in [-0.39, 0.29) is 12.1 Å². The third-order valence-electron chi connectivity index (χ3n) is 6.45. The SMILES string of the molecule is CCN(CC)CCNC(=O)Nc1cn2c(c1C)C(Nc1ccc(Oc3ccccc3)cc1)C(C#N)C=N2. The van der Waals surface area contributed by atoms with Crippen molar-refractivity contribution in [2.75, 3.05) is 36.8 Å². The number of nitrogens with zero attached hydrogens (tertiary/aromatic N) is 4. The topological polar surface area (TPSA) is 107 Å². The maximum atomic E-state index is 12.5. The maximum absolute atomic E-state index is 12.5. The molecule has 3 N–H and O–H groups in total. The molecular formula is C28H33N7O2. The highest BCUT2D eigenvalue weighted by atomic mass is 16.5. The van der Waals surface area contributed by atoms with Gasteiger partial charge in [0.15, 0.2) is 0 Å². The molecule has 1 aliphatic heterocycles. The van der Waals surface area contributed by atoms with Crippen LogP contribution in [0.5, 0.6) is 11.5 Å². The third-order valence-corrected chi connectivity index (χ3v) is 6.45. The number of anilines is 2. The van der Waals surface area contributed by atoms with Crippen LogP contribution >= 0.6 is 0 Å². The van der Waals surface area contributed by atoms with Crippen LogP contribution in [0.1, 0.15) is 31.1 Å². The number of nitriles is 1. The van der Waals surface area contributed by atoms with Gasteiger partial charge >= 0.3 is 6.03 Å². The Morgan fingerprint density at radius 1 is 1.11 bits per heavy atom. The van der Waals surface area contributed by atoms with Crippen LogP contribution in [0.3, 0.4) is 0 Å². The summed E-state index contributed by atoms with van der Waals surface area (Å²) in [6.07, 6.45) is 3.41. The number of benzene rings is 2. The van der Waals surface area contributed by atoms with E-state index in [1.807, 2.05) is 61.5 Å². The van der Waals surface area contributed by atoms with Gasteiger partial charge in [0, 0.05) is 25.0 Å². The van der Waals surface area contributed by atoms with Crippen LogP contribution < -0.4 is 20.7 Å². The summed E-state index contributed by atoms with van der Waals surface area (Å²) in [5, 5.41) is 23.5. The molecule has 2 amide bonds. The number of nitrogens with one attached hydrogen (secondary N) is 3. The Balaban J connectivity index is 1.45. The predicted molar refractivity (Wildman–Crippen MR) is 146 cm³/mol. The number of fused-ring (bicyclic) bond motifs is 1. The van der Waals surface area contributed by atoms with Crippen LogP contribution in [-0.2, 0) is 0 Å². The second-order valence-electron chi connectivity index (χ2n) is 8.79. The summed E-state index contributed by atoms with van der Waals surface area (Å²) in [5.74, 6) is 1.01. The number of aromatic nitrogens is 1. The van der Waals surface area contributed by atoms with Crippen LogP contribution in [0.2, 0.25) is 0 Å². The van der Waals surface area contributed by atoms with Crippen LogP contribution in [0.4, 0.5) is 16.2 Å². The van der Waals surface area contributed by atoms with E-state index in [1.165, 1.54) is 0 Å². The summed E-state index contributed by atoms with van der Waals surface area (Å²) in [5.41, 5.74) is 3.19. The number of para-hydroxylation sites is 1. The standard InChI is InChI=1S/C28H33N7O2/c1-4-34(5-2)16-15-30-28(36)33-25-19-35-27(20(25)3)26(21(17-29)18-31-35)32-22-11-13-24(14-12-22)37-23-9-7-6-8-10-23/h6-14,18-19,21,26,32H,4-5,15-16H2,1-3H3,(H2,30,33,36). The molecule has 0 aliphatic carbocycles. The molecule has 2 atom stereocenters. The maximum Gasteiger partial charge on any atom is 0.319 e. The lowest BCUT2D eigenvalue weighted by Gasteiger charge is -2.26. The van der Waals surface area contributed by atoms with Crippen LogP contribution in [-0.4, -0.2) is 48.0 Å². The molecule has 4 rings (SSSR count). The zero-order valence-corrected chi connectivity index (χ0v) is 21.4. The molecule has 0 saturated carbocycles. The molecule has 0 radical (unpaired) electrons. The minimum Gasteiger partial charge on any atom is -0.457 e. The van der Waals surface area contributed by atoms with Gasteiger partial charge in [-0.05, 0) is 62.0 Å². The minimum absolute atomic E-state index is 0.266. The predicted octanol–water partition coefficient (Wildman–Crippen LogP) is 5.19. The molecule has 0 fully saturated rings. The van der Waals surface area contributed by atoms with Crippen molar-refractivity contribution in [1.82, 2.24) is 14.9 Å². The Kier molecular flexibility index (Phi) is 8.44. The van der Waals surface area contributed by atoms with Gasteiger partial charge in [-0.3, -0.25) is 0 Å². The first-order valence-corrected chi connectivity index (χ1v) is 12.5.